The van der Waals surface area contributed by atoms with Gasteiger partial charge in [0.2, 0.25) is 5.91 Å². The summed E-state index contributed by atoms with van der Waals surface area (Å²) in [5.41, 5.74) is 0.752. The van der Waals surface area contributed by atoms with Crippen molar-refractivity contribution in [1.82, 2.24) is 0 Å². The van der Waals surface area contributed by atoms with Crippen LogP contribution in [0.4, 0.5) is 5.69 Å². The van der Waals surface area contributed by atoms with Crippen LogP contribution in [0.1, 0.15) is 33.6 Å². The van der Waals surface area contributed by atoms with Crippen molar-refractivity contribution >= 4 is 11.6 Å². The van der Waals surface area contributed by atoms with E-state index in [4.69, 9.17) is 4.74 Å². The molecule has 1 amide bonds. The van der Waals surface area contributed by atoms with Crippen LogP contribution in [0.15, 0.2) is 24.3 Å². The maximum atomic E-state index is 11.9. The molecule has 0 aromatic heterocycles. The maximum Gasteiger partial charge on any atom is 0.227 e. The molecule has 17 heavy (non-hydrogen) atoms. The fourth-order valence-corrected chi connectivity index (χ4v) is 1.67. The first-order valence-corrected chi connectivity index (χ1v) is 6.21. The van der Waals surface area contributed by atoms with Gasteiger partial charge in [-0.25, -0.2) is 0 Å². The maximum absolute atomic E-state index is 11.9. The van der Waals surface area contributed by atoms with E-state index in [9.17, 15) is 4.79 Å². The molecule has 1 rings (SSSR count). The van der Waals surface area contributed by atoms with Crippen molar-refractivity contribution in [3.8, 4) is 5.75 Å². The number of carbonyl (C=O) groups excluding carboxylic acids is 1. The fraction of sp³-hybridized carbons (Fsp3) is 0.500. The van der Waals surface area contributed by atoms with Crippen LogP contribution in [0, 0.1) is 5.92 Å². The second-order valence-electron chi connectivity index (χ2n) is 4.11. The molecule has 1 N–H and O–H groups in total. The van der Waals surface area contributed by atoms with Gasteiger partial charge in [-0.05, 0) is 25.5 Å². The fourth-order valence-electron chi connectivity index (χ4n) is 1.67. The molecule has 1 atom stereocenters. The first-order chi connectivity index (χ1) is 8.19. The Hall–Kier alpha value is -1.51. The number of nitrogens with one attached hydrogen (secondary N) is 1. The van der Waals surface area contributed by atoms with Crippen LogP contribution >= 0.6 is 0 Å². The van der Waals surface area contributed by atoms with E-state index in [0.29, 0.717) is 6.61 Å². The molecule has 3 nitrogen and oxygen atoms in total. The average molecular weight is 235 g/mol. The van der Waals surface area contributed by atoms with Gasteiger partial charge in [-0.2, -0.15) is 0 Å². The second kappa shape index (κ2) is 6.94. The van der Waals surface area contributed by atoms with Crippen molar-refractivity contribution in [2.45, 2.75) is 33.6 Å². The lowest BCUT2D eigenvalue weighted by Gasteiger charge is -2.14. The summed E-state index contributed by atoms with van der Waals surface area (Å²) in [4.78, 5) is 11.9. The van der Waals surface area contributed by atoms with Crippen molar-refractivity contribution in [1.29, 1.82) is 0 Å². The van der Waals surface area contributed by atoms with E-state index >= 15 is 0 Å². The molecule has 0 radical (unpaired) electrons. The molecule has 1 aromatic carbocycles. The lowest BCUT2D eigenvalue weighted by molar-refractivity contribution is -0.119. The summed E-state index contributed by atoms with van der Waals surface area (Å²) in [5, 5.41) is 2.92. The number of para-hydroxylation sites is 2. The molecular formula is C14H21NO2. The number of hydrogen-bond acceptors (Lipinski definition) is 2. The molecule has 0 saturated carbocycles. The van der Waals surface area contributed by atoms with Gasteiger partial charge in [0.15, 0.2) is 0 Å². The highest BCUT2D eigenvalue weighted by molar-refractivity contribution is 5.93. The van der Waals surface area contributed by atoms with Crippen LogP contribution in [0.2, 0.25) is 0 Å². The van der Waals surface area contributed by atoms with E-state index in [1.165, 1.54) is 0 Å². The quantitative estimate of drug-likeness (QED) is 0.820. The topological polar surface area (TPSA) is 38.3 Å². The van der Waals surface area contributed by atoms with Gasteiger partial charge in [0.05, 0.1) is 12.3 Å². The normalized spacial score (nSPS) is 11.9. The molecule has 0 spiro atoms. The predicted octanol–water partition coefficient (Wildman–Crippen LogP) is 3.46. The third-order valence-electron chi connectivity index (χ3n) is 2.61. The van der Waals surface area contributed by atoms with Crippen LogP contribution in [0.25, 0.3) is 0 Å². The number of hydrogen-bond donors (Lipinski definition) is 1. The molecule has 94 valence electrons. The van der Waals surface area contributed by atoms with Gasteiger partial charge in [-0.3, -0.25) is 4.79 Å². The van der Waals surface area contributed by atoms with E-state index in [0.717, 1.165) is 24.3 Å². The number of benzene rings is 1. The molecule has 3 heteroatoms. The highest BCUT2D eigenvalue weighted by atomic mass is 16.5. The monoisotopic (exact) mass is 235 g/mol. The number of carbonyl (C=O) groups is 1. The molecule has 0 fully saturated rings. The first kappa shape index (κ1) is 13.6. The van der Waals surface area contributed by atoms with Gasteiger partial charge >= 0.3 is 0 Å². The smallest absolute Gasteiger partial charge is 0.227 e. The Morgan fingerprint density at radius 3 is 2.71 bits per heavy atom. The zero-order chi connectivity index (χ0) is 12.7. The minimum atomic E-state index is 0.0367. The molecule has 0 bridgehead atoms. The molecule has 0 unspecified atom stereocenters. The first-order valence-electron chi connectivity index (χ1n) is 6.21. The number of ether oxygens (including phenoxy) is 1. The summed E-state index contributed by atoms with van der Waals surface area (Å²) in [6.45, 7) is 6.55. The Bertz CT molecular complexity index is 363. The summed E-state index contributed by atoms with van der Waals surface area (Å²) in [6, 6.07) is 7.52. The van der Waals surface area contributed by atoms with Crippen molar-refractivity contribution in [3.63, 3.8) is 0 Å². The van der Waals surface area contributed by atoms with E-state index < -0.39 is 0 Å². The minimum absolute atomic E-state index is 0.0367. The second-order valence-corrected chi connectivity index (χ2v) is 4.11. The zero-order valence-corrected chi connectivity index (χ0v) is 10.8. The largest absolute Gasteiger partial charge is 0.492 e. The molecule has 0 aliphatic carbocycles. The van der Waals surface area contributed by atoms with Crippen LogP contribution in [0.5, 0.6) is 5.75 Å². The molecule has 0 aliphatic heterocycles. The van der Waals surface area contributed by atoms with Gasteiger partial charge in [-0.1, -0.05) is 32.4 Å². The number of anilines is 1. The lowest BCUT2D eigenvalue weighted by atomic mass is 10.1. The molecular weight excluding hydrogens is 214 g/mol. The molecule has 0 aliphatic rings. The summed E-state index contributed by atoms with van der Waals surface area (Å²) >= 11 is 0. The lowest BCUT2D eigenvalue weighted by Crippen LogP contribution is -2.20. The van der Waals surface area contributed by atoms with E-state index in [1.54, 1.807) is 0 Å². The van der Waals surface area contributed by atoms with Gasteiger partial charge in [0.1, 0.15) is 5.75 Å². The van der Waals surface area contributed by atoms with Gasteiger partial charge < -0.3 is 10.1 Å². The summed E-state index contributed by atoms with van der Waals surface area (Å²) in [6.07, 6.45) is 1.92. The Labute approximate surface area is 103 Å². The third-order valence-corrected chi connectivity index (χ3v) is 2.61. The van der Waals surface area contributed by atoms with E-state index in [2.05, 4.69) is 12.2 Å². The van der Waals surface area contributed by atoms with Gasteiger partial charge in [0.25, 0.3) is 0 Å². The summed E-state index contributed by atoms with van der Waals surface area (Å²) < 4.78 is 5.46. The Kier molecular flexibility index (Phi) is 5.53. The Balaban J connectivity index is 2.70. The van der Waals surface area contributed by atoms with Crippen molar-refractivity contribution < 1.29 is 9.53 Å². The molecule has 1 aromatic rings. The predicted molar refractivity (Wildman–Crippen MR) is 70.3 cm³/mol. The van der Waals surface area contributed by atoms with Crippen molar-refractivity contribution in [2.24, 2.45) is 5.92 Å². The van der Waals surface area contributed by atoms with Gasteiger partial charge in [0, 0.05) is 5.92 Å². The summed E-state index contributed by atoms with van der Waals surface area (Å²) in [5.74, 6) is 0.820. The van der Waals surface area contributed by atoms with Crippen molar-refractivity contribution in [3.05, 3.63) is 24.3 Å². The number of rotatable bonds is 6. The SMILES string of the molecule is CCC[C@H](C)C(=O)Nc1ccccc1OCC. The highest BCUT2D eigenvalue weighted by Gasteiger charge is 2.13. The van der Waals surface area contributed by atoms with Gasteiger partial charge in [-0.15, -0.1) is 0 Å². The van der Waals surface area contributed by atoms with E-state index in [-0.39, 0.29) is 11.8 Å². The summed E-state index contributed by atoms with van der Waals surface area (Å²) in [7, 11) is 0. The van der Waals surface area contributed by atoms with E-state index in [1.807, 2.05) is 38.1 Å². The van der Waals surface area contributed by atoms with Crippen LogP contribution in [-0.2, 0) is 4.79 Å². The van der Waals surface area contributed by atoms with Crippen LogP contribution in [0.3, 0.4) is 0 Å². The number of amides is 1. The average Bonchev–Trinajstić information content (AvgIpc) is 2.32. The minimum Gasteiger partial charge on any atom is -0.492 e. The van der Waals surface area contributed by atoms with Crippen molar-refractivity contribution in [2.75, 3.05) is 11.9 Å². The Morgan fingerprint density at radius 2 is 2.06 bits per heavy atom. The zero-order valence-electron chi connectivity index (χ0n) is 10.8. The standard InChI is InChI=1S/C14H21NO2/c1-4-8-11(3)14(16)15-12-9-6-7-10-13(12)17-5-2/h6-7,9-11H,4-5,8H2,1-3H3,(H,15,16)/t11-/m0/s1. The van der Waals surface area contributed by atoms with Crippen LogP contribution in [-0.4, -0.2) is 12.5 Å². The molecule has 0 heterocycles. The van der Waals surface area contributed by atoms with Crippen LogP contribution < -0.4 is 10.1 Å². The third kappa shape index (κ3) is 4.10. The highest BCUT2D eigenvalue weighted by Crippen LogP contribution is 2.24. The Morgan fingerprint density at radius 1 is 1.35 bits per heavy atom. The molecule has 0 saturated heterocycles.